The van der Waals surface area contributed by atoms with Crippen molar-refractivity contribution in [1.29, 1.82) is 0 Å². The molecule has 0 radical (unpaired) electrons. The summed E-state index contributed by atoms with van der Waals surface area (Å²) in [6.45, 7) is 3.88. The fourth-order valence-corrected chi connectivity index (χ4v) is 1.34. The second-order valence-corrected chi connectivity index (χ2v) is 3.69. The molecule has 0 bridgehead atoms. The van der Waals surface area contributed by atoms with Crippen molar-refractivity contribution in [1.82, 2.24) is 4.90 Å². The highest BCUT2D eigenvalue weighted by Crippen LogP contribution is 2.17. The third-order valence-electron chi connectivity index (χ3n) is 2.26. The van der Waals surface area contributed by atoms with E-state index >= 15 is 0 Å². The van der Waals surface area contributed by atoms with Gasteiger partial charge in [0.25, 0.3) is 0 Å². The van der Waals surface area contributed by atoms with Crippen LogP contribution in [0.15, 0.2) is 48.4 Å². The fraction of sp³-hybridized carbons (Fsp3) is 0.250. The van der Waals surface area contributed by atoms with Gasteiger partial charge in [-0.1, -0.05) is 18.7 Å². The first-order valence-electron chi connectivity index (χ1n) is 4.96. The van der Waals surface area contributed by atoms with Gasteiger partial charge in [0.15, 0.2) is 0 Å². The van der Waals surface area contributed by atoms with E-state index in [0.29, 0.717) is 0 Å². The molecule has 0 aromatic rings. The van der Waals surface area contributed by atoms with Crippen molar-refractivity contribution >= 4 is 5.97 Å². The van der Waals surface area contributed by atoms with Crippen LogP contribution in [0.1, 0.15) is 6.42 Å². The summed E-state index contributed by atoms with van der Waals surface area (Å²) in [4.78, 5) is 12.5. The molecule has 1 rings (SSSR count). The van der Waals surface area contributed by atoms with Crippen molar-refractivity contribution in [3.8, 4) is 0 Å². The average molecular weight is 220 g/mol. The van der Waals surface area contributed by atoms with Gasteiger partial charge in [0.2, 0.25) is 0 Å². The van der Waals surface area contributed by atoms with Gasteiger partial charge in [-0.15, -0.1) is 0 Å². The van der Waals surface area contributed by atoms with Gasteiger partial charge in [-0.05, 0) is 17.2 Å². The maximum atomic E-state index is 10.7. The minimum Gasteiger partial charge on any atom is -0.480 e. The Balaban J connectivity index is 2.87. The summed E-state index contributed by atoms with van der Waals surface area (Å²) in [6.07, 6.45) is 9.56. The Morgan fingerprint density at radius 1 is 1.62 bits per heavy atom. The zero-order chi connectivity index (χ0) is 12.1. The maximum absolute atomic E-state index is 10.7. The predicted molar refractivity (Wildman–Crippen MR) is 63.5 cm³/mol. The molecular weight excluding hydrogens is 204 g/mol. The van der Waals surface area contributed by atoms with E-state index in [0.717, 1.165) is 11.1 Å². The molecule has 0 fully saturated rings. The summed E-state index contributed by atoms with van der Waals surface area (Å²) in [5.41, 5.74) is 7.12. The molecule has 0 unspecified atom stereocenters. The molecule has 0 saturated carbocycles. The number of rotatable bonds is 3. The van der Waals surface area contributed by atoms with Crippen LogP contribution in [-0.2, 0) is 4.79 Å². The number of nitrogens with two attached hydrogens (primary N) is 1. The topological polar surface area (TPSA) is 66.6 Å². The zero-order valence-electron chi connectivity index (χ0n) is 9.26. The van der Waals surface area contributed by atoms with Crippen LogP contribution in [0, 0.1) is 0 Å². The predicted octanol–water partition coefficient (Wildman–Crippen LogP) is 1.24. The lowest BCUT2D eigenvalue weighted by atomic mass is 10.00. The number of allylic oxidation sites excluding steroid dienone is 4. The highest BCUT2D eigenvalue weighted by molar-refractivity contribution is 5.73. The van der Waals surface area contributed by atoms with E-state index in [1.165, 1.54) is 0 Å². The van der Waals surface area contributed by atoms with Gasteiger partial charge in [-0.25, -0.2) is 0 Å². The van der Waals surface area contributed by atoms with Crippen molar-refractivity contribution < 1.29 is 9.90 Å². The molecule has 16 heavy (non-hydrogen) atoms. The molecule has 1 heterocycles. The van der Waals surface area contributed by atoms with Gasteiger partial charge < -0.3 is 15.7 Å². The minimum atomic E-state index is -1.00. The minimum absolute atomic E-state index is 0.274. The van der Waals surface area contributed by atoms with Gasteiger partial charge >= 0.3 is 5.97 Å². The molecule has 1 aliphatic rings. The Kier molecular flexibility index (Phi) is 4.08. The molecule has 0 amide bonds. The van der Waals surface area contributed by atoms with Crippen LogP contribution in [0.4, 0.5) is 0 Å². The maximum Gasteiger partial charge on any atom is 0.320 e. The van der Waals surface area contributed by atoms with Crippen LogP contribution in [0.25, 0.3) is 0 Å². The fourth-order valence-electron chi connectivity index (χ4n) is 1.34. The highest BCUT2D eigenvalue weighted by atomic mass is 16.4. The number of aliphatic carboxylic acids is 1. The van der Waals surface area contributed by atoms with Gasteiger partial charge in [0, 0.05) is 25.9 Å². The van der Waals surface area contributed by atoms with Crippen molar-refractivity contribution in [2.75, 3.05) is 7.05 Å². The quantitative estimate of drug-likeness (QED) is 0.751. The second-order valence-electron chi connectivity index (χ2n) is 3.69. The smallest absolute Gasteiger partial charge is 0.320 e. The van der Waals surface area contributed by atoms with Crippen molar-refractivity contribution in [2.45, 2.75) is 12.5 Å². The molecular formula is C12H16N2O2. The van der Waals surface area contributed by atoms with E-state index < -0.39 is 12.0 Å². The molecule has 1 atom stereocenters. The van der Waals surface area contributed by atoms with Gasteiger partial charge in [0.05, 0.1) is 0 Å². The van der Waals surface area contributed by atoms with E-state index in [4.69, 9.17) is 10.8 Å². The van der Waals surface area contributed by atoms with Crippen LogP contribution in [-0.4, -0.2) is 29.1 Å². The lowest BCUT2D eigenvalue weighted by Gasteiger charge is -2.16. The molecule has 1 aliphatic heterocycles. The second kappa shape index (κ2) is 5.32. The molecule has 4 heteroatoms. The number of carboxylic acid groups (broad SMARTS) is 1. The Labute approximate surface area is 95.0 Å². The van der Waals surface area contributed by atoms with Gasteiger partial charge in [0.1, 0.15) is 6.04 Å². The number of carbonyl (C=O) groups is 1. The summed E-state index contributed by atoms with van der Waals surface area (Å²) in [6, 6.07) is -0.895. The number of hydrogen-bond acceptors (Lipinski definition) is 3. The Bertz CT molecular complexity index is 380. The zero-order valence-corrected chi connectivity index (χ0v) is 9.26. The molecule has 0 aromatic heterocycles. The average Bonchev–Trinajstić information content (AvgIpc) is 2.21. The molecule has 3 N–H and O–H groups in total. The largest absolute Gasteiger partial charge is 0.480 e. The lowest BCUT2D eigenvalue weighted by Crippen LogP contribution is -2.30. The first kappa shape index (κ1) is 12.3. The van der Waals surface area contributed by atoms with E-state index in [-0.39, 0.29) is 6.42 Å². The third-order valence-corrected chi connectivity index (χ3v) is 2.26. The highest BCUT2D eigenvalue weighted by Gasteiger charge is 2.15. The van der Waals surface area contributed by atoms with Crippen LogP contribution in [0.5, 0.6) is 0 Å². The number of hydrogen-bond donors (Lipinski definition) is 2. The van der Waals surface area contributed by atoms with Crippen LogP contribution in [0.3, 0.4) is 0 Å². The summed E-state index contributed by atoms with van der Waals surface area (Å²) >= 11 is 0. The summed E-state index contributed by atoms with van der Waals surface area (Å²) in [5.74, 6) is -1.00. The first-order chi connectivity index (χ1) is 7.50. The van der Waals surface area contributed by atoms with Gasteiger partial charge in [-0.3, -0.25) is 4.79 Å². The molecule has 4 nitrogen and oxygen atoms in total. The monoisotopic (exact) mass is 220 g/mol. The van der Waals surface area contributed by atoms with E-state index in [9.17, 15) is 4.79 Å². The summed E-state index contributed by atoms with van der Waals surface area (Å²) in [5, 5.41) is 8.76. The number of carboxylic acids is 1. The molecule has 0 spiro atoms. The summed E-state index contributed by atoms with van der Waals surface area (Å²) in [7, 11) is 1.87. The van der Waals surface area contributed by atoms with E-state index in [1.54, 1.807) is 0 Å². The standard InChI is InChI=1S/C12H16N2O2/c1-9-5-3-4-6-14(2)8-10(9)7-11(13)12(15)16/h3-6,8,11H,1,7,13H2,2H3,(H,15,16)/b5-3-,6-4?,10-8?/t11-/m1/s1. The number of nitrogens with zero attached hydrogens (tertiary/aromatic N) is 1. The summed E-state index contributed by atoms with van der Waals surface area (Å²) < 4.78 is 0. The van der Waals surface area contributed by atoms with E-state index in [2.05, 4.69) is 6.58 Å². The van der Waals surface area contributed by atoms with Crippen molar-refractivity contribution in [3.05, 3.63) is 48.4 Å². The van der Waals surface area contributed by atoms with Crippen LogP contribution < -0.4 is 5.73 Å². The molecule has 0 aromatic carbocycles. The Morgan fingerprint density at radius 2 is 2.31 bits per heavy atom. The third kappa shape index (κ3) is 3.40. The first-order valence-corrected chi connectivity index (χ1v) is 4.96. The normalized spacial score (nSPS) is 19.8. The lowest BCUT2D eigenvalue weighted by molar-refractivity contribution is -0.138. The molecule has 0 saturated heterocycles. The van der Waals surface area contributed by atoms with Crippen molar-refractivity contribution in [3.63, 3.8) is 0 Å². The van der Waals surface area contributed by atoms with E-state index in [1.807, 2.05) is 42.6 Å². The van der Waals surface area contributed by atoms with Crippen LogP contribution >= 0.6 is 0 Å². The van der Waals surface area contributed by atoms with Crippen LogP contribution in [0.2, 0.25) is 0 Å². The molecule has 0 aliphatic carbocycles. The SMILES string of the molecule is C=C1/C=C\C=CN(C)C=C1C[C@@H](N)C(=O)O. The Morgan fingerprint density at radius 3 is 2.94 bits per heavy atom. The Hall–Kier alpha value is -1.81. The molecule has 86 valence electrons. The van der Waals surface area contributed by atoms with Gasteiger partial charge in [-0.2, -0.15) is 0 Å². The van der Waals surface area contributed by atoms with Crippen molar-refractivity contribution in [2.24, 2.45) is 5.73 Å².